The van der Waals surface area contributed by atoms with Crippen molar-refractivity contribution in [1.82, 2.24) is 5.32 Å². The third-order valence-electron chi connectivity index (χ3n) is 6.08. The molecule has 38 heavy (non-hydrogen) atoms. The van der Waals surface area contributed by atoms with Crippen LogP contribution < -0.4 is 15.0 Å². The fourth-order valence-corrected chi connectivity index (χ4v) is 5.99. The standard InChI is InChI=1S/C23H19F6N3O5S/c24-22(25,26)17-6-1-2-7-18(17)38(34,35)16-11-19(36-20(33)31-21(13-30)8-9-21)32(12-16)14-4-3-5-15(10-14)37-23(27,28)29/h1-7,10,16,19H,8-9,11-12H2,(H,31,33). The number of alkyl halides is 6. The van der Waals surface area contributed by atoms with Crippen LogP contribution in [0.4, 0.5) is 36.8 Å². The zero-order valence-corrected chi connectivity index (χ0v) is 20.0. The van der Waals surface area contributed by atoms with E-state index >= 15 is 0 Å². The molecule has 0 bridgehead atoms. The van der Waals surface area contributed by atoms with Gasteiger partial charge in [0.15, 0.2) is 16.1 Å². The molecule has 2 atom stereocenters. The molecule has 1 amide bonds. The number of sulfone groups is 1. The maximum Gasteiger partial charge on any atom is 0.573 e. The lowest BCUT2D eigenvalue weighted by molar-refractivity contribution is -0.274. The maximum atomic E-state index is 13.5. The molecule has 2 aromatic rings. The molecule has 1 saturated carbocycles. The summed E-state index contributed by atoms with van der Waals surface area (Å²) in [7, 11) is -4.67. The zero-order chi connectivity index (χ0) is 27.9. The Morgan fingerprint density at radius 1 is 1.08 bits per heavy atom. The SMILES string of the molecule is N#CC1(NC(=O)OC2CC(S(=O)(=O)c3ccccc3C(F)(F)F)CN2c2cccc(OC(F)(F)F)c2)CC1. The number of benzene rings is 2. The van der Waals surface area contributed by atoms with Crippen molar-refractivity contribution in [3.63, 3.8) is 0 Å². The molecule has 1 N–H and O–H groups in total. The Bertz CT molecular complexity index is 1370. The van der Waals surface area contributed by atoms with Gasteiger partial charge in [0, 0.05) is 24.7 Å². The third-order valence-corrected chi connectivity index (χ3v) is 8.27. The van der Waals surface area contributed by atoms with Crippen molar-refractivity contribution in [3.8, 4) is 11.8 Å². The van der Waals surface area contributed by atoms with Crippen molar-refractivity contribution in [1.29, 1.82) is 5.26 Å². The summed E-state index contributed by atoms with van der Waals surface area (Å²) in [6, 6.07) is 9.91. The highest BCUT2D eigenvalue weighted by molar-refractivity contribution is 7.92. The van der Waals surface area contributed by atoms with Crippen LogP contribution in [0.1, 0.15) is 24.8 Å². The maximum absolute atomic E-state index is 13.5. The van der Waals surface area contributed by atoms with E-state index in [0.29, 0.717) is 18.9 Å². The summed E-state index contributed by atoms with van der Waals surface area (Å²) in [6.45, 7) is -0.509. The fraction of sp³-hybridized carbons (Fsp3) is 0.391. The van der Waals surface area contributed by atoms with Crippen LogP contribution in [0.15, 0.2) is 53.4 Å². The molecule has 15 heteroatoms. The van der Waals surface area contributed by atoms with E-state index in [0.717, 1.165) is 35.2 Å². The number of anilines is 1. The normalized spacial score (nSPS) is 20.9. The van der Waals surface area contributed by atoms with Crippen LogP contribution in [0.3, 0.4) is 0 Å². The van der Waals surface area contributed by atoms with Gasteiger partial charge in [0.1, 0.15) is 11.3 Å². The average Bonchev–Trinajstić information content (AvgIpc) is 3.46. The number of rotatable bonds is 6. The van der Waals surface area contributed by atoms with E-state index in [1.807, 2.05) is 6.07 Å². The Balaban J connectivity index is 1.67. The zero-order valence-electron chi connectivity index (χ0n) is 19.2. The van der Waals surface area contributed by atoms with E-state index in [2.05, 4.69) is 10.1 Å². The topological polar surface area (TPSA) is 109 Å². The number of nitriles is 1. The van der Waals surface area contributed by atoms with Crippen molar-refractivity contribution < 1.29 is 49.0 Å². The lowest BCUT2D eigenvalue weighted by atomic mass is 10.2. The minimum Gasteiger partial charge on any atom is -0.425 e. The first-order valence-corrected chi connectivity index (χ1v) is 12.6. The molecule has 1 aliphatic carbocycles. The van der Waals surface area contributed by atoms with E-state index in [4.69, 9.17) is 4.74 Å². The Hall–Kier alpha value is -3.67. The molecule has 0 radical (unpaired) electrons. The molecule has 1 heterocycles. The summed E-state index contributed by atoms with van der Waals surface area (Å²) in [5, 5.41) is 10.0. The number of ether oxygens (including phenoxy) is 2. The third kappa shape index (κ3) is 5.90. The molecular formula is C23H19F6N3O5S. The molecule has 8 nitrogen and oxygen atoms in total. The number of amides is 1. The first kappa shape index (κ1) is 27.4. The van der Waals surface area contributed by atoms with Crippen LogP contribution in [0, 0.1) is 11.3 Å². The van der Waals surface area contributed by atoms with E-state index in [1.54, 1.807) is 0 Å². The van der Waals surface area contributed by atoms with Gasteiger partial charge in [-0.2, -0.15) is 18.4 Å². The van der Waals surface area contributed by atoms with Crippen molar-refractivity contribution in [2.45, 2.75) is 53.7 Å². The Morgan fingerprint density at radius 2 is 1.76 bits per heavy atom. The van der Waals surface area contributed by atoms with Crippen molar-refractivity contribution in [2.24, 2.45) is 0 Å². The van der Waals surface area contributed by atoms with Gasteiger partial charge in [-0.25, -0.2) is 13.2 Å². The Kier molecular flexibility index (Phi) is 6.89. The van der Waals surface area contributed by atoms with Crippen molar-refractivity contribution in [3.05, 3.63) is 54.1 Å². The lowest BCUT2D eigenvalue weighted by Crippen LogP contribution is -2.41. The van der Waals surface area contributed by atoms with Gasteiger partial charge in [0.2, 0.25) is 0 Å². The number of carbonyl (C=O) groups excluding carboxylic acids is 1. The number of hydrogen-bond donors (Lipinski definition) is 1. The minimum absolute atomic E-state index is 0.0345. The number of halogens is 6. The lowest BCUT2D eigenvalue weighted by Gasteiger charge is -2.27. The highest BCUT2D eigenvalue weighted by atomic mass is 32.2. The number of nitrogens with zero attached hydrogens (tertiary/aromatic N) is 2. The van der Waals surface area contributed by atoms with E-state index in [-0.39, 0.29) is 5.69 Å². The summed E-state index contributed by atoms with van der Waals surface area (Å²) < 4.78 is 115. The molecule has 204 valence electrons. The van der Waals surface area contributed by atoms with E-state index in [1.165, 1.54) is 12.1 Å². The van der Waals surface area contributed by atoms with Gasteiger partial charge in [0.05, 0.1) is 21.8 Å². The fourth-order valence-electron chi connectivity index (χ4n) is 4.10. The molecule has 1 aliphatic heterocycles. The van der Waals surface area contributed by atoms with Crippen LogP contribution in [0.25, 0.3) is 0 Å². The molecule has 4 rings (SSSR count). The molecule has 2 aromatic carbocycles. The summed E-state index contributed by atoms with van der Waals surface area (Å²) in [5.74, 6) is -0.645. The van der Waals surface area contributed by atoms with Gasteiger partial charge in [-0.3, -0.25) is 0 Å². The van der Waals surface area contributed by atoms with Gasteiger partial charge in [-0.05, 0) is 37.1 Å². The number of nitrogens with one attached hydrogen (secondary N) is 1. The number of hydrogen-bond acceptors (Lipinski definition) is 7. The average molecular weight is 563 g/mol. The van der Waals surface area contributed by atoms with Gasteiger partial charge >= 0.3 is 18.6 Å². The van der Waals surface area contributed by atoms with E-state index in [9.17, 15) is 44.8 Å². The summed E-state index contributed by atoms with van der Waals surface area (Å²) in [5.41, 5.74) is -2.55. The van der Waals surface area contributed by atoms with Crippen LogP contribution >= 0.6 is 0 Å². The molecular weight excluding hydrogens is 544 g/mol. The van der Waals surface area contributed by atoms with Gasteiger partial charge in [-0.15, -0.1) is 13.2 Å². The highest BCUT2D eigenvalue weighted by Crippen LogP contribution is 2.40. The van der Waals surface area contributed by atoms with Gasteiger partial charge in [-0.1, -0.05) is 18.2 Å². The first-order chi connectivity index (χ1) is 17.6. The number of carbonyl (C=O) groups is 1. The second kappa shape index (κ2) is 9.57. The minimum atomic E-state index is -5.03. The monoisotopic (exact) mass is 563 g/mol. The molecule has 0 spiro atoms. The Labute approximate surface area is 212 Å². The quantitative estimate of drug-likeness (QED) is 0.505. The molecule has 2 aliphatic rings. The molecule has 2 fully saturated rings. The van der Waals surface area contributed by atoms with Gasteiger partial charge < -0.3 is 19.7 Å². The van der Waals surface area contributed by atoms with Crippen LogP contribution in [-0.4, -0.2) is 44.4 Å². The molecule has 1 saturated heterocycles. The van der Waals surface area contributed by atoms with Gasteiger partial charge in [0.25, 0.3) is 0 Å². The van der Waals surface area contributed by atoms with Crippen LogP contribution in [0.2, 0.25) is 0 Å². The van der Waals surface area contributed by atoms with Crippen LogP contribution in [-0.2, 0) is 20.8 Å². The highest BCUT2D eigenvalue weighted by Gasteiger charge is 2.48. The van der Waals surface area contributed by atoms with E-state index < -0.39 is 74.7 Å². The van der Waals surface area contributed by atoms with Crippen LogP contribution in [0.5, 0.6) is 5.75 Å². The Morgan fingerprint density at radius 3 is 2.37 bits per heavy atom. The predicted molar refractivity (Wildman–Crippen MR) is 118 cm³/mol. The van der Waals surface area contributed by atoms with Crippen molar-refractivity contribution in [2.75, 3.05) is 11.4 Å². The molecule has 2 unspecified atom stereocenters. The predicted octanol–water partition coefficient (Wildman–Crippen LogP) is 4.77. The smallest absolute Gasteiger partial charge is 0.425 e. The van der Waals surface area contributed by atoms with Crippen molar-refractivity contribution >= 4 is 21.6 Å². The first-order valence-electron chi connectivity index (χ1n) is 11.1. The second-order valence-corrected chi connectivity index (χ2v) is 11.0. The second-order valence-electron chi connectivity index (χ2n) is 8.77. The molecule has 0 aromatic heterocycles. The summed E-state index contributed by atoms with van der Waals surface area (Å²) in [6.07, 6.45) is -12.3. The largest absolute Gasteiger partial charge is 0.573 e. The number of alkyl carbamates (subject to hydrolysis) is 1. The summed E-state index contributed by atoms with van der Waals surface area (Å²) in [4.78, 5) is 12.6. The summed E-state index contributed by atoms with van der Waals surface area (Å²) >= 11 is 0.